The van der Waals surface area contributed by atoms with Crippen LogP contribution in [0, 0.1) is 11.6 Å². The number of nitrogens with one attached hydrogen (secondary N) is 1. The Balaban J connectivity index is 1.92. The molecule has 190 valence electrons. The molecule has 0 radical (unpaired) electrons. The van der Waals surface area contributed by atoms with Gasteiger partial charge < -0.3 is 10.2 Å². The van der Waals surface area contributed by atoms with Gasteiger partial charge in [-0.3, -0.25) is 13.9 Å². The van der Waals surface area contributed by atoms with E-state index in [9.17, 15) is 26.8 Å². The van der Waals surface area contributed by atoms with Crippen LogP contribution in [0.5, 0.6) is 0 Å². The van der Waals surface area contributed by atoms with Crippen molar-refractivity contribution in [3.05, 3.63) is 65.7 Å². The van der Waals surface area contributed by atoms with E-state index < -0.39 is 40.2 Å². The fraction of sp³-hybridized carbons (Fsp3) is 0.440. The predicted molar refractivity (Wildman–Crippen MR) is 130 cm³/mol. The minimum absolute atomic E-state index is 0.0326. The molecule has 1 fully saturated rings. The van der Waals surface area contributed by atoms with Crippen LogP contribution in [0.2, 0.25) is 0 Å². The largest absolute Gasteiger partial charge is 0.352 e. The van der Waals surface area contributed by atoms with E-state index in [1.807, 2.05) is 0 Å². The second kappa shape index (κ2) is 11.6. The van der Waals surface area contributed by atoms with Gasteiger partial charge in [-0.25, -0.2) is 17.2 Å². The molecule has 1 aliphatic rings. The average molecular weight is 508 g/mol. The van der Waals surface area contributed by atoms with E-state index in [4.69, 9.17) is 0 Å². The zero-order valence-electron chi connectivity index (χ0n) is 19.9. The van der Waals surface area contributed by atoms with Gasteiger partial charge >= 0.3 is 0 Å². The van der Waals surface area contributed by atoms with Gasteiger partial charge in [0.05, 0.1) is 11.9 Å². The first-order chi connectivity index (χ1) is 16.6. The number of hydrogen-bond donors (Lipinski definition) is 1. The smallest absolute Gasteiger partial charge is 0.244 e. The van der Waals surface area contributed by atoms with Gasteiger partial charge in [0.1, 0.15) is 24.2 Å². The molecule has 0 aliphatic heterocycles. The zero-order valence-corrected chi connectivity index (χ0v) is 20.7. The number of carbonyl (C=O) groups is 2. The fourth-order valence-electron chi connectivity index (χ4n) is 4.32. The van der Waals surface area contributed by atoms with E-state index in [1.54, 1.807) is 6.92 Å². The summed E-state index contributed by atoms with van der Waals surface area (Å²) in [6.45, 7) is 1.04. The Bertz CT molecular complexity index is 1140. The molecule has 35 heavy (non-hydrogen) atoms. The van der Waals surface area contributed by atoms with Crippen LogP contribution < -0.4 is 9.62 Å². The van der Waals surface area contributed by atoms with E-state index in [0.29, 0.717) is 9.87 Å². The van der Waals surface area contributed by atoms with Crippen LogP contribution in [0.25, 0.3) is 0 Å². The summed E-state index contributed by atoms with van der Waals surface area (Å²) in [5.41, 5.74) is 0.317. The molecule has 2 aromatic rings. The van der Waals surface area contributed by atoms with Gasteiger partial charge in [-0.2, -0.15) is 0 Å². The van der Waals surface area contributed by atoms with Gasteiger partial charge in [-0.15, -0.1) is 0 Å². The summed E-state index contributed by atoms with van der Waals surface area (Å²) >= 11 is 0. The minimum Gasteiger partial charge on any atom is -0.352 e. The van der Waals surface area contributed by atoms with Gasteiger partial charge in [0.15, 0.2) is 0 Å². The quantitative estimate of drug-likeness (QED) is 0.533. The molecule has 0 spiro atoms. The first-order valence-corrected chi connectivity index (χ1v) is 13.5. The highest BCUT2D eigenvalue weighted by molar-refractivity contribution is 7.92. The topological polar surface area (TPSA) is 86.8 Å². The van der Waals surface area contributed by atoms with Gasteiger partial charge in [0.25, 0.3) is 0 Å². The Morgan fingerprint density at radius 2 is 1.69 bits per heavy atom. The predicted octanol–water partition coefficient (Wildman–Crippen LogP) is 3.60. The van der Waals surface area contributed by atoms with Crippen LogP contribution >= 0.6 is 0 Å². The molecule has 0 heterocycles. The Morgan fingerprint density at radius 1 is 1.06 bits per heavy atom. The van der Waals surface area contributed by atoms with Crippen molar-refractivity contribution in [3.8, 4) is 0 Å². The number of para-hydroxylation sites is 1. The second-order valence-corrected chi connectivity index (χ2v) is 10.7. The summed E-state index contributed by atoms with van der Waals surface area (Å²) in [6.07, 6.45) is 4.94. The number of halogens is 2. The van der Waals surface area contributed by atoms with Crippen molar-refractivity contribution in [1.29, 1.82) is 0 Å². The van der Waals surface area contributed by atoms with Gasteiger partial charge in [0.2, 0.25) is 21.8 Å². The third-order valence-corrected chi connectivity index (χ3v) is 7.28. The van der Waals surface area contributed by atoms with Crippen molar-refractivity contribution in [2.75, 3.05) is 17.1 Å². The van der Waals surface area contributed by atoms with Crippen LogP contribution in [0.4, 0.5) is 14.5 Å². The maximum atomic E-state index is 14.5. The first kappa shape index (κ1) is 26.6. The third kappa shape index (κ3) is 7.00. The van der Waals surface area contributed by atoms with Gasteiger partial charge in [-0.1, -0.05) is 44.0 Å². The molecule has 1 unspecified atom stereocenters. The van der Waals surface area contributed by atoms with E-state index >= 15 is 0 Å². The molecule has 1 saturated carbocycles. The highest BCUT2D eigenvalue weighted by atomic mass is 32.2. The van der Waals surface area contributed by atoms with Gasteiger partial charge in [0, 0.05) is 12.6 Å². The molecule has 1 N–H and O–H groups in total. The van der Waals surface area contributed by atoms with E-state index in [-0.39, 0.29) is 30.6 Å². The van der Waals surface area contributed by atoms with Crippen LogP contribution in [0.3, 0.4) is 0 Å². The first-order valence-electron chi connectivity index (χ1n) is 11.7. The number of amides is 2. The molecule has 0 saturated heterocycles. The van der Waals surface area contributed by atoms with Crippen molar-refractivity contribution < 1.29 is 26.8 Å². The van der Waals surface area contributed by atoms with Crippen LogP contribution in [0.15, 0.2) is 48.5 Å². The van der Waals surface area contributed by atoms with E-state index in [0.717, 1.165) is 38.0 Å². The molecule has 3 rings (SSSR count). The van der Waals surface area contributed by atoms with E-state index in [1.165, 1.54) is 47.4 Å². The van der Waals surface area contributed by atoms with Crippen LogP contribution in [-0.4, -0.2) is 50.0 Å². The summed E-state index contributed by atoms with van der Waals surface area (Å²) in [5.74, 6) is -2.23. The molecule has 0 aromatic heterocycles. The maximum absolute atomic E-state index is 14.5. The van der Waals surface area contributed by atoms with Gasteiger partial charge in [-0.05, 0) is 49.1 Å². The Morgan fingerprint density at radius 3 is 2.26 bits per heavy atom. The summed E-state index contributed by atoms with van der Waals surface area (Å²) in [5, 5.41) is 3.00. The Labute approximate surface area is 205 Å². The molecule has 1 atom stereocenters. The molecule has 2 amide bonds. The molecule has 1 aliphatic carbocycles. The lowest BCUT2D eigenvalue weighted by molar-refractivity contribution is -0.140. The summed E-state index contributed by atoms with van der Waals surface area (Å²) in [4.78, 5) is 28.0. The van der Waals surface area contributed by atoms with Crippen molar-refractivity contribution in [3.63, 3.8) is 0 Å². The summed E-state index contributed by atoms with van der Waals surface area (Å²) in [7, 11) is -4.02. The zero-order chi connectivity index (χ0) is 25.6. The van der Waals surface area contributed by atoms with Crippen LogP contribution in [-0.2, 0) is 26.2 Å². The minimum atomic E-state index is -4.02. The Hall–Kier alpha value is -3.01. The average Bonchev–Trinajstić information content (AvgIpc) is 3.31. The number of hydrogen-bond acceptors (Lipinski definition) is 4. The normalized spacial score (nSPS) is 15.0. The third-order valence-electron chi connectivity index (χ3n) is 6.15. The summed E-state index contributed by atoms with van der Waals surface area (Å²) < 4.78 is 53.6. The molecule has 0 bridgehead atoms. The lowest BCUT2D eigenvalue weighted by Gasteiger charge is -2.33. The Kier molecular flexibility index (Phi) is 8.82. The highest BCUT2D eigenvalue weighted by Crippen LogP contribution is 2.23. The van der Waals surface area contributed by atoms with Crippen molar-refractivity contribution in [2.24, 2.45) is 0 Å². The van der Waals surface area contributed by atoms with Crippen molar-refractivity contribution in [1.82, 2.24) is 10.2 Å². The lowest BCUT2D eigenvalue weighted by atomic mass is 10.1. The van der Waals surface area contributed by atoms with E-state index in [2.05, 4.69) is 5.32 Å². The van der Waals surface area contributed by atoms with Crippen molar-refractivity contribution in [2.45, 2.75) is 57.7 Å². The number of nitrogens with zero attached hydrogens (tertiary/aromatic N) is 2. The number of sulfonamides is 1. The number of anilines is 1. The highest BCUT2D eigenvalue weighted by Gasteiger charge is 2.33. The fourth-order valence-corrected chi connectivity index (χ4v) is 5.17. The molecule has 10 heteroatoms. The number of rotatable bonds is 10. The van der Waals surface area contributed by atoms with Crippen LogP contribution in [0.1, 0.15) is 44.6 Å². The standard InChI is InChI=1S/C25H31F2N3O4S/c1-3-22(25(32)28-20-8-4-5-9-20)29(16-18-12-14-19(26)15-13-18)24(31)17-30(35(2,33)34)23-11-7-6-10-21(23)27/h6-7,10-15,20,22H,3-5,8-9,16-17H2,1-2H3,(H,28,32). The lowest BCUT2D eigenvalue weighted by Crippen LogP contribution is -2.53. The maximum Gasteiger partial charge on any atom is 0.244 e. The molecular formula is C25H31F2N3O4S. The molecular weight excluding hydrogens is 476 g/mol. The van der Waals surface area contributed by atoms with Crippen molar-refractivity contribution >= 4 is 27.5 Å². The number of benzene rings is 2. The monoisotopic (exact) mass is 507 g/mol. The number of carbonyl (C=O) groups excluding carboxylic acids is 2. The molecule has 2 aromatic carbocycles. The SMILES string of the molecule is CCC(C(=O)NC1CCCC1)N(Cc1ccc(F)cc1)C(=O)CN(c1ccccc1F)S(C)(=O)=O. The molecule has 7 nitrogen and oxygen atoms in total. The second-order valence-electron chi connectivity index (χ2n) is 8.78. The summed E-state index contributed by atoms with van der Waals surface area (Å²) in [6, 6.07) is 9.94.